The molecule has 2 aromatic carbocycles. The van der Waals surface area contributed by atoms with Crippen molar-refractivity contribution in [2.24, 2.45) is 5.92 Å². The van der Waals surface area contributed by atoms with Crippen molar-refractivity contribution in [3.8, 4) is 0 Å². The Bertz CT molecular complexity index is 871. The van der Waals surface area contributed by atoms with Gasteiger partial charge in [-0.1, -0.05) is 54.6 Å². The zero-order valence-corrected chi connectivity index (χ0v) is 15.5. The van der Waals surface area contributed by atoms with Gasteiger partial charge in [-0.25, -0.2) is 0 Å². The first-order valence-corrected chi connectivity index (χ1v) is 9.54. The van der Waals surface area contributed by atoms with Crippen LogP contribution >= 0.6 is 0 Å². The van der Waals surface area contributed by atoms with Crippen molar-refractivity contribution >= 4 is 17.9 Å². The van der Waals surface area contributed by atoms with E-state index in [9.17, 15) is 9.59 Å². The third-order valence-corrected chi connectivity index (χ3v) is 5.42. The minimum atomic E-state index is -0.265. The van der Waals surface area contributed by atoms with Crippen LogP contribution in [0.25, 0.3) is 6.08 Å². The zero-order chi connectivity index (χ0) is 18.8. The van der Waals surface area contributed by atoms with Gasteiger partial charge in [0.2, 0.25) is 11.8 Å². The van der Waals surface area contributed by atoms with Crippen LogP contribution in [0, 0.1) is 5.92 Å². The van der Waals surface area contributed by atoms with E-state index < -0.39 is 0 Å². The molecule has 1 aliphatic heterocycles. The van der Waals surface area contributed by atoms with E-state index in [0.717, 1.165) is 29.5 Å². The van der Waals surface area contributed by atoms with Crippen molar-refractivity contribution in [1.82, 2.24) is 10.2 Å². The van der Waals surface area contributed by atoms with Crippen LogP contribution < -0.4 is 5.32 Å². The number of carbonyl (C=O) groups is 2. The maximum Gasteiger partial charge on any atom is 0.223 e. The Morgan fingerprint density at radius 3 is 2.48 bits per heavy atom. The van der Waals surface area contributed by atoms with Gasteiger partial charge in [0.15, 0.2) is 0 Å². The molecule has 1 heterocycles. The van der Waals surface area contributed by atoms with E-state index in [1.165, 1.54) is 0 Å². The minimum absolute atomic E-state index is 0.0166. The minimum Gasteiger partial charge on any atom is -0.349 e. The molecule has 0 saturated heterocycles. The molecular weight excluding hydrogens is 336 g/mol. The Kier molecular flexibility index (Phi) is 4.80. The first-order chi connectivity index (χ1) is 13.1. The summed E-state index contributed by atoms with van der Waals surface area (Å²) >= 11 is 0. The van der Waals surface area contributed by atoms with E-state index in [-0.39, 0.29) is 30.3 Å². The summed E-state index contributed by atoms with van der Waals surface area (Å²) in [7, 11) is 0. The third kappa shape index (κ3) is 3.80. The van der Waals surface area contributed by atoms with Crippen LogP contribution in [0.5, 0.6) is 0 Å². The van der Waals surface area contributed by atoms with Crippen LogP contribution in [-0.4, -0.2) is 16.7 Å². The Morgan fingerprint density at radius 1 is 1.07 bits per heavy atom. The van der Waals surface area contributed by atoms with Crippen LogP contribution in [0.2, 0.25) is 0 Å². The molecule has 1 fully saturated rings. The lowest BCUT2D eigenvalue weighted by molar-refractivity contribution is -0.130. The van der Waals surface area contributed by atoms with Gasteiger partial charge < -0.3 is 10.2 Å². The summed E-state index contributed by atoms with van der Waals surface area (Å²) in [5, 5.41) is 3.23. The molecule has 138 valence electrons. The molecule has 0 spiro atoms. The van der Waals surface area contributed by atoms with E-state index in [4.69, 9.17) is 0 Å². The molecule has 1 N–H and O–H groups in total. The smallest absolute Gasteiger partial charge is 0.223 e. The van der Waals surface area contributed by atoms with Gasteiger partial charge in [-0.15, -0.1) is 0 Å². The summed E-state index contributed by atoms with van der Waals surface area (Å²) in [6.45, 7) is 1.54. The van der Waals surface area contributed by atoms with Crippen molar-refractivity contribution in [2.45, 2.75) is 38.3 Å². The Labute approximate surface area is 159 Å². The summed E-state index contributed by atoms with van der Waals surface area (Å²) in [4.78, 5) is 26.7. The van der Waals surface area contributed by atoms with Crippen molar-refractivity contribution < 1.29 is 9.59 Å². The number of hydrogen-bond acceptors (Lipinski definition) is 2. The second-order valence-corrected chi connectivity index (χ2v) is 7.38. The maximum atomic E-state index is 12.9. The Morgan fingerprint density at radius 2 is 1.78 bits per heavy atom. The van der Waals surface area contributed by atoms with E-state index in [2.05, 4.69) is 17.4 Å². The maximum absolute atomic E-state index is 12.9. The highest BCUT2D eigenvalue weighted by Crippen LogP contribution is 2.41. The first kappa shape index (κ1) is 17.5. The van der Waals surface area contributed by atoms with Crippen molar-refractivity contribution in [1.29, 1.82) is 0 Å². The fraction of sp³-hybridized carbons (Fsp3) is 0.304. The molecule has 27 heavy (non-hydrogen) atoms. The number of fused-ring (bicyclic) bond motifs is 1. The van der Waals surface area contributed by atoms with Gasteiger partial charge in [-0.2, -0.15) is 0 Å². The molecule has 0 unspecified atom stereocenters. The average Bonchev–Trinajstić information content (AvgIpc) is 3.52. The van der Waals surface area contributed by atoms with E-state index in [0.29, 0.717) is 5.92 Å². The van der Waals surface area contributed by atoms with Gasteiger partial charge >= 0.3 is 0 Å². The van der Waals surface area contributed by atoms with E-state index in [1.807, 2.05) is 48.5 Å². The average molecular weight is 360 g/mol. The van der Waals surface area contributed by atoms with Crippen molar-refractivity contribution in [3.63, 3.8) is 0 Å². The lowest BCUT2D eigenvalue weighted by Gasteiger charge is -2.32. The molecule has 0 bridgehead atoms. The second-order valence-electron chi connectivity index (χ2n) is 7.38. The van der Waals surface area contributed by atoms with Crippen LogP contribution in [0.15, 0.2) is 60.8 Å². The molecule has 4 heteroatoms. The van der Waals surface area contributed by atoms with Gasteiger partial charge in [0.25, 0.3) is 0 Å². The third-order valence-electron chi connectivity index (χ3n) is 5.42. The highest BCUT2D eigenvalue weighted by atomic mass is 16.2. The van der Waals surface area contributed by atoms with Gasteiger partial charge in [0.05, 0.1) is 18.5 Å². The normalized spacial score (nSPS) is 19.3. The standard InChI is InChI=1S/C23H24N2O2/c1-16(26)25-14-13-17-7-5-6-10-20(17)21(25)15-22(27)24-23(19-11-12-19)18-8-3-2-4-9-18/h2-10,13-14,19,21,23H,11-12,15H2,1H3,(H,24,27)/t21-,23-/m0/s1. The van der Waals surface area contributed by atoms with Crippen LogP contribution in [0.3, 0.4) is 0 Å². The molecule has 2 atom stereocenters. The summed E-state index contributed by atoms with van der Waals surface area (Å²) in [6, 6.07) is 17.9. The summed E-state index contributed by atoms with van der Waals surface area (Å²) in [6.07, 6.45) is 6.28. The molecule has 1 aliphatic carbocycles. The zero-order valence-electron chi connectivity index (χ0n) is 15.5. The first-order valence-electron chi connectivity index (χ1n) is 9.54. The largest absolute Gasteiger partial charge is 0.349 e. The Hall–Kier alpha value is -2.88. The monoisotopic (exact) mass is 360 g/mol. The van der Waals surface area contributed by atoms with Crippen molar-refractivity contribution in [2.75, 3.05) is 0 Å². The van der Waals surface area contributed by atoms with Gasteiger partial charge in [-0.05, 0) is 41.5 Å². The number of carbonyl (C=O) groups excluding carboxylic acids is 2. The molecule has 4 nitrogen and oxygen atoms in total. The van der Waals surface area contributed by atoms with Crippen molar-refractivity contribution in [3.05, 3.63) is 77.5 Å². The summed E-state index contributed by atoms with van der Waals surface area (Å²) in [5.74, 6) is 0.441. The molecule has 0 aromatic heterocycles. The topological polar surface area (TPSA) is 49.4 Å². The van der Waals surface area contributed by atoms with Crippen LogP contribution in [-0.2, 0) is 9.59 Å². The fourth-order valence-electron chi connectivity index (χ4n) is 3.88. The summed E-state index contributed by atoms with van der Waals surface area (Å²) < 4.78 is 0. The highest BCUT2D eigenvalue weighted by molar-refractivity contribution is 5.82. The highest BCUT2D eigenvalue weighted by Gasteiger charge is 2.35. The van der Waals surface area contributed by atoms with E-state index in [1.54, 1.807) is 18.0 Å². The number of benzene rings is 2. The number of hydrogen-bond donors (Lipinski definition) is 1. The summed E-state index contributed by atoms with van der Waals surface area (Å²) in [5.41, 5.74) is 3.24. The number of rotatable bonds is 5. The predicted octanol–water partition coefficient (Wildman–Crippen LogP) is 4.22. The quantitative estimate of drug-likeness (QED) is 0.868. The molecule has 2 amide bonds. The fourth-order valence-corrected chi connectivity index (χ4v) is 3.88. The van der Waals surface area contributed by atoms with Crippen LogP contribution in [0.1, 0.15) is 55.0 Å². The van der Waals surface area contributed by atoms with E-state index >= 15 is 0 Å². The molecular formula is C23H24N2O2. The number of amides is 2. The Balaban J connectivity index is 1.54. The van der Waals surface area contributed by atoms with Gasteiger partial charge in [0, 0.05) is 13.1 Å². The SMILES string of the molecule is CC(=O)N1C=Cc2ccccc2[C@@H]1CC(=O)N[C@@H](c1ccccc1)C1CC1. The van der Waals surface area contributed by atoms with Gasteiger partial charge in [-0.3, -0.25) is 9.59 Å². The lowest BCUT2D eigenvalue weighted by atomic mass is 9.93. The molecule has 2 aliphatic rings. The second kappa shape index (κ2) is 7.39. The molecule has 1 saturated carbocycles. The van der Waals surface area contributed by atoms with Crippen LogP contribution in [0.4, 0.5) is 0 Å². The molecule has 2 aromatic rings. The number of nitrogens with zero attached hydrogens (tertiary/aromatic N) is 1. The molecule has 0 radical (unpaired) electrons. The lowest BCUT2D eigenvalue weighted by Crippen LogP contribution is -2.36. The number of nitrogens with one attached hydrogen (secondary N) is 1. The molecule has 4 rings (SSSR count). The predicted molar refractivity (Wildman–Crippen MR) is 105 cm³/mol. The van der Waals surface area contributed by atoms with Gasteiger partial charge in [0.1, 0.15) is 0 Å².